The molecule has 0 aromatic rings. The summed E-state index contributed by atoms with van der Waals surface area (Å²) in [6, 6.07) is 0. The Bertz CT molecular complexity index is 614. The molecule has 0 saturated heterocycles. The molecule has 0 heterocycles. The second-order valence-electron chi connectivity index (χ2n) is 12.7. The zero-order valence-electron chi connectivity index (χ0n) is 29.2. The molecule has 0 aliphatic heterocycles. The first-order valence-corrected chi connectivity index (χ1v) is 18.7. The predicted octanol–water partition coefficient (Wildman–Crippen LogP) is 9.94. The molecular formula is C37H73NO5. The van der Waals surface area contributed by atoms with Crippen LogP contribution in [0.15, 0.2) is 0 Å². The molecule has 0 aromatic heterocycles. The van der Waals surface area contributed by atoms with Crippen LogP contribution in [0, 0.1) is 0 Å². The van der Waals surface area contributed by atoms with Crippen LogP contribution in [0.2, 0.25) is 0 Å². The summed E-state index contributed by atoms with van der Waals surface area (Å²) in [6.07, 6.45) is 26.8. The van der Waals surface area contributed by atoms with Gasteiger partial charge in [-0.3, -0.25) is 9.59 Å². The van der Waals surface area contributed by atoms with Crippen molar-refractivity contribution in [3.63, 3.8) is 0 Å². The number of hydrogen-bond acceptors (Lipinski definition) is 6. The van der Waals surface area contributed by atoms with Crippen molar-refractivity contribution in [2.75, 3.05) is 26.2 Å². The van der Waals surface area contributed by atoms with Gasteiger partial charge in [0, 0.05) is 19.4 Å². The first kappa shape index (κ1) is 41.9. The Balaban J connectivity index is 4.12. The van der Waals surface area contributed by atoms with Crippen molar-refractivity contribution in [1.29, 1.82) is 0 Å². The van der Waals surface area contributed by atoms with E-state index in [1.54, 1.807) is 0 Å². The van der Waals surface area contributed by atoms with Crippen molar-refractivity contribution in [2.45, 2.75) is 200 Å². The fraction of sp³-hybridized carbons (Fsp3) is 0.946. The molecule has 0 aliphatic rings. The number of ether oxygens (including phenoxy) is 2. The van der Waals surface area contributed by atoms with Crippen LogP contribution in [0.25, 0.3) is 0 Å². The minimum absolute atomic E-state index is 0.0161. The highest BCUT2D eigenvalue weighted by molar-refractivity contribution is 5.69. The summed E-state index contributed by atoms with van der Waals surface area (Å²) in [7, 11) is 0. The van der Waals surface area contributed by atoms with Gasteiger partial charge in [-0.1, -0.05) is 111 Å². The molecule has 0 bridgehead atoms. The Morgan fingerprint density at radius 2 is 0.907 bits per heavy atom. The van der Waals surface area contributed by atoms with Crippen LogP contribution < -0.4 is 0 Å². The number of nitrogens with zero attached hydrogens (tertiary/aromatic N) is 1. The minimum atomic E-state index is -0.0711. The standard InChI is InChI=1S/C37H73NO5/c1-5-9-12-15-20-26-34(24-8-4)42-37(41)29-23-31-38(32-33-39)30-22-17-14-16-21-28-36(40)43-35(25-18-11-7-3)27-19-13-10-6-2/h34-35,39H,5-33H2,1-4H3. The van der Waals surface area contributed by atoms with Gasteiger partial charge in [-0.2, -0.15) is 0 Å². The average Bonchev–Trinajstić information content (AvgIpc) is 2.98. The maximum absolute atomic E-state index is 12.5. The van der Waals surface area contributed by atoms with E-state index in [9.17, 15) is 14.7 Å². The van der Waals surface area contributed by atoms with Crippen LogP contribution in [-0.4, -0.2) is 60.4 Å². The van der Waals surface area contributed by atoms with Gasteiger partial charge >= 0.3 is 11.9 Å². The molecule has 0 radical (unpaired) electrons. The lowest BCUT2D eigenvalue weighted by atomic mass is 10.0. The van der Waals surface area contributed by atoms with E-state index in [0.717, 1.165) is 103 Å². The second-order valence-corrected chi connectivity index (χ2v) is 12.7. The van der Waals surface area contributed by atoms with Crippen molar-refractivity contribution in [3.05, 3.63) is 0 Å². The number of unbranched alkanes of at least 4 members (excludes halogenated alkanes) is 13. The molecule has 6 nitrogen and oxygen atoms in total. The molecule has 0 saturated carbocycles. The number of aliphatic hydroxyl groups is 1. The summed E-state index contributed by atoms with van der Waals surface area (Å²) in [4.78, 5) is 27.2. The summed E-state index contributed by atoms with van der Waals surface area (Å²) in [5.41, 5.74) is 0. The van der Waals surface area contributed by atoms with Gasteiger partial charge in [-0.15, -0.1) is 0 Å². The first-order chi connectivity index (χ1) is 21.0. The third kappa shape index (κ3) is 28.1. The number of carbonyl (C=O) groups is 2. The third-order valence-corrected chi connectivity index (χ3v) is 8.47. The lowest BCUT2D eigenvalue weighted by Gasteiger charge is -2.21. The van der Waals surface area contributed by atoms with Gasteiger partial charge in [-0.05, 0) is 77.3 Å². The molecule has 0 aromatic carbocycles. The maximum Gasteiger partial charge on any atom is 0.306 e. The molecule has 6 heteroatoms. The second kappa shape index (κ2) is 32.3. The van der Waals surface area contributed by atoms with Gasteiger partial charge < -0.3 is 19.5 Å². The molecule has 1 N–H and O–H groups in total. The number of carbonyl (C=O) groups excluding carboxylic acids is 2. The Kier molecular flexibility index (Phi) is 31.4. The number of hydrogen-bond donors (Lipinski definition) is 1. The van der Waals surface area contributed by atoms with E-state index in [1.165, 1.54) is 57.8 Å². The quantitative estimate of drug-likeness (QED) is 0.0588. The molecule has 0 spiro atoms. The predicted molar refractivity (Wildman–Crippen MR) is 181 cm³/mol. The lowest BCUT2D eigenvalue weighted by molar-refractivity contribution is -0.151. The van der Waals surface area contributed by atoms with Gasteiger partial charge in [0.05, 0.1) is 6.61 Å². The van der Waals surface area contributed by atoms with Crippen LogP contribution in [0.4, 0.5) is 0 Å². The van der Waals surface area contributed by atoms with Crippen molar-refractivity contribution in [3.8, 4) is 0 Å². The molecule has 0 aliphatic carbocycles. The number of aliphatic hydroxyl groups excluding tert-OH is 1. The highest BCUT2D eigenvalue weighted by atomic mass is 16.5. The van der Waals surface area contributed by atoms with Crippen molar-refractivity contribution in [2.24, 2.45) is 0 Å². The smallest absolute Gasteiger partial charge is 0.306 e. The molecule has 0 rings (SSSR count). The maximum atomic E-state index is 12.5. The van der Waals surface area contributed by atoms with E-state index >= 15 is 0 Å². The Hall–Kier alpha value is -1.14. The zero-order valence-corrected chi connectivity index (χ0v) is 29.2. The topological polar surface area (TPSA) is 76.1 Å². The van der Waals surface area contributed by atoms with Gasteiger partial charge in [0.1, 0.15) is 12.2 Å². The molecular weight excluding hydrogens is 538 g/mol. The Labute approximate surface area is 267 Å². The van der Waals surface area contributed by atoms with Crippen LogP contribution in [0.1, 0.15) is 188 Å². The van der Waals surface area contributed by atoms with Crippen LogP contribution in [0.5, 0.6) is 0 Å². The van der Waals surface area contributed by atoms with Gasteiger partial charge in [-0.25, -0.2) is 0 Å². The van der Waals surface area contributed by atoms with E-state index in [0.29, 0.717) is 19.4 Å². The first-order valence-electron chi connectivity index (χ1n) is 18.7. The summed E-state index contributed by atoms with van der Waals surface area (Å²) in [6.45, 7) is 11.4. The van der Waals surface area contributed by atoms with Crippen molar-refractivity contribution >= 4 is 11.9 Å². The van der Waals surface area contributed by atoms with E-state index in [2.05, 4.69) is 32.6 Å². The molecule has 0 amide bonds. The van der Waals surface area contributed by atoms with Gasteiger partial charge in [0.2, 0.25) is 0 Å². The van der Waals surface area contributed by atoms with Crippen LogP contribution in [0.3, 0.4) is 0 Å². The summed E-state index contributed by atoms with van der Waals surface area (Å²) in [5.74, 6) is -0.0871. The van der Waals surface area contributed by atoms with E-state index in [4.69, 9.17) is 9.47 Å². The monoisotopic (exact) mass is 612 g/mol. The summed E-state index contributed by atoms with van der Waals surface area (Å²) >= 11 is 0. The normalized spacial score (nSPS) is 12.9. The number of esters is 2. The molecule has 43 heavy (non-hydrogen) atoms. The fourth-order valence-electron chi connectivity index (χ4n) is 5.79. The fourth-order valence-corrected chi connectivity index (χ4v) is 5.79. The van der Waals surface area contributed by atoms with Crippen molar-refractivity contribution in [1.82, 2.24) is 4.90 Å². The molecule has 256 valence electrons. The van der Waals surface area contributed by atoms with Crippen molar-refractivity contribution < 1.29 is 24.2 Å². The van der Waals surface area contributed by atoms with E-state index < -0.39 is 0 Å². The Morgan fingerprint density at radius 3 is 1.49 bits per heavy atom. The molecule has 2 unspecified atom stereocenters. The van der Waals surface area contributed by atoms with E-state index in [1.807, 2.05) is 0 Å². The highest BCUT2D eigenvalue weighted by Crippen LogP contribution is 2.17. The van der Waals surface area contributed by atoms with E-state index in [-0.39, 0.29) is 30.8 Å². The molecule has 2 atom stereocenters. The minimum Gasteiger partial charge on any atom is -0.462 e. The Morgan fingerprint density at radius 1 is 0.488 bits per heavy atom. The average molecular weight is 612 g/mol. The SMILES string of the molecule is CCCCCCCC(CCC)OC(=O)CCCN(CCO)CCCCCCCC(=O)OC(CCCCC)CCCCCC. The van der Waals surface area contributed by atoms with Crippen LogP contribution >= 0.6 is 0 Å². The zero-order chi connectivity index (χ0) is 31.8. The largest absolute Gasteiger partial charge is 0.462 e. The van der Waals surface area contributed by atoms with Gasteiger partial charge in [0.15, 0.2) is 0 Å². The highest BCUT2D eigenvalue weighted by Gasteiger charge is 2.15. The number of rotatable bonds is 33. The summed E-state index contributed by atoms with van der Waals surface area (Å²) in [5, 5.41) is 9.50. The summed E-state index contributed by atoms with van der Waals surface area (Å²) < 4.78 is 11.7. The third-order valence-electron chi connectivity index (χ3n) is 8.47. The van der Waals surface area contributed by atoms with Gasteiger partial charge in [0.25, 0.3) is 0 Å². The molecule has 0 fully saturated rings. The van der Waals surface area contributed by atoms with Crippen LogP contribution in [-0.2, 0) is 19.1 Å². The lowest BCUT2D eigenvalue weighted by Crippen LogP contribution is -2.29.